The van der Waals surface area contributed by atoms with Gasteiger partial charge in [0, 0.05) is 46.6 Å². The summed E-state index contributed by atoms with van der Waals surface area (Å²) in [5.74, 6) is 3.09. The summed E-state index contributed by atoms with van der Waals surface area (Å²) >= 11 is 4.06. The van der Waals surface area contributed by atoms with E-state index in [0.29, 0.717) is 22.7 Å². The molecule has 0 saturated carbocycles. The predicted molar refractivity (Wildman–Crippen MR) is 123 cm³/mol. The van der Waals surface area contributed by atoms with Gasteiger partial charge < -0.3 is 20.3 Å². The van der Waals surface area contributed by atoms with Gasteiger partial charge >= 0.3 is 6.03 Å². The van der Waals surface area contributed by atoms with Crippen LogP contribution in [0.1, 0.15) is 34.8 Å². The van der Waals surface area contributed by atoms with Crippen molar-refractivity contribution in [3.8, 4) is 5.75 Å². The highest BCUT2D eigenvalue weighted by Crippen LogP contribution is 2.57. The lowest BCUT2D eigenvalue weighted by Crippen LogP contribution is -2.41. The summed E-state index contributed by atoms with van der Waals surface area (Å²) in [4.78, 5) is 27.7. The molecule has 0 aliphatic carbocycles. The van der Waals surface area contributed by atoms with Crippen molar-refractivity contribution in [2.24, 2.45) is 0 Å². The standard InChI is InChI=1S/C22H23N3O3S2/c1-28-15-5-2-4-14(12-15)23-21(27)24-17-7-3-6-16-19(17)18-13-22(29-10-11-30-22)8-9-25(18)20(16)26/h2-7,12,18H,8-11,13H2,1H3,(H2,23,24,27). The summed E-state index contributed by atoms with van der Waals surface area (Å²) in [5, 5.41) is 5.83. The number of amides is 3. The molecule has 5 rings (SSSR count). The van der Waals surface area contributed by atoms with E-state index in [-0.39, 0.29) is 22.1 Å². The number of hydrogen-bond acceptors (Lipinski definition) is 5. The fourth-order valence-corrected chi connectivity index (χ4v) is 7.84. The second-order valence-corrected chi connectivity index (χ2v) is 10.9. The average Bonchev–Trinajstić information content (AvgIpc) is 3.31. The Morgan fingerprint density at radius 2 is 1.97 bits per heavy atom. The average molecular weight is 442 g/mol. The van der Waals surface area contributed by atoms with Gasteiger partial charge in [-0.15, -0.1) is 23.5 Å². The smallest absolute Gasteiger partial charge is 0.323 e. The van der Waals surface area contributed by atoms with Crippen LogP contribution in [0.3, 0.4) is 0 Å². The summed E-state index contributed by atoms with van der Waals surface area (Å²) in [7, 11) is 1.59. The molecule has 2 aromatic rings. The molecular weight excluding hydrogens is 418 g/mol. The number of carbonyl (C=O) groups is 2. The Morgan fingerprint density at radius 1 is 1.17 bits per heavy atom. The van der Waals surface area contributed by atoms with Crippen LogP contribution in [0.4, 0.5) is 16.2 Å². The Morgan fingerprint density at radius 3 is 2.77 bits per heavy atom. The van der Waals surface area contributed by atoms with Crippen LogP contribution in [-0.2, 0) is 0 Å². The highest BCUT2D eigenvalue weighted by molar-refractivity contribution is 8.21. The zero-order valence-electron chi connectivity index (χ0n) is 16.6. The van der Waals surface area contributed by atoms with E-state index >= 15 is 0 Å². The number of carbonyl (C=O) groups excluding carboxylic acids is 2. The Labute approximate surface area is 184 Å². The van der Waals surface area contributed by atoms with E-state index in [0.717, 1.165) is 24.9 Å². The number of nitrogens with zero attached hydrogens (tertiary/aromatic N) is 1. The summed E-state index contributed by atoms with van der Waals surface area (Å²) < 4.78 is 5.41. The number of benzene rings is 2. The number of anilines is 2. The van der Waals surface area contributed by atoms with E-state index in [4.69, 9.17) is 4.74 Å². The molecule has 3 aliphatic rings. The topological polar surface area (TPSA) is 70.7 Å². The third-order valence-corrected chi connectivity index (χ3v) is 9.51. The van der Waals surface area contributed by atoms with E-state index in [1.54, 1.807) is 13.2 Å². The monoisotopic (exact) mass is 441 g/mol. The van der Waals surface area contributed by atoms with Gasteiger partial charge in [0.2, 0.25) is 0 Å². The van der Waals surface area contributed by atoms with Crippen molar-refractivity contribution in [1.82, 2.24) is 4.90 Å². The number of fused-ring (bicyclic) bond motifs is 3. The first-order valence-corrected chi connectivity index (χ1v) is 12.0. The molecule has 0 radical (unpaired) electrons. The molecule has 3 amide bonds. The number of nitrogens with one attached hydrogen (secondary N) is 2. The van der Waals surface area contributed by atoms with Crippen molar-refractivity contribution in [2.45, 2.75) is 23.0 Å². The van der Waals surface area contributed by atoms with Crippen LogP contribution in [-0.4, -0.2) is 46.1 Å². The molecule has 2 saturated heterocycles. The third-order valence-electron chi connectivity index (χ3n) is 5.93. The fourth-order valence-electron chi connectivity index (χ4n) is 4.57. The number of piperidine rings is 1. The van der Waals surface area contributed by atoms with Crippen LogP contribution < -0.4 is 15.4 Å². The minimum absolute atomic E-state index is 0.0210. The van der Waals surface area contributed by atoms with Crippen molar-refractivity contribution in [2.75, 3.05) is 35.8 Å². The Balaban J connectivity index is 1.40. The molecular formula is C22H23N3O3S2. The summed E-state index contributed by atoms with van der Waals surface area (Å²) in [5.41, 5.74) is 3.02. The molecule has 1 atom stereocenters. The van der Waals surface area contributed by atoms with Crippen molar-refractivity contribution < 1.29 is 14.3 Å². The molecule has 0 aromatic heterocycles. The maximum atomic E-state index is 13.0. The molecule has 8 heteroatoms. The van der Waals surface area contributed by atoms with Crippen LogP contribution in [0, 0.1) is 0 Å². The maximum absolute atomic E-state index is 13.0. The molecule has 3 aliphatic heterocycles. The second kappa shape index (κ2) is 7.74. The van der Waals surface area contributed by atoms with Crippen molar-refractivity contribution in [3.05, 3.63) is 53.6 Å². The van der Waals surface area contributed by atoms with E-state index < -0.39 is 0 Å². The van der Waals surface area contributed by atoms with Crippen molar-refractivity contribution in [1.29, 1.82) is 0 Å². The largest absolute Gasteiger partial charge is 0.497 e. The first kappa shape index (κ1) is 19.6. The number of thioether (sulfide) groups is 2. The number of methoxy groups -OCH3 is 1. The molecule has 1 spiro atoms. The molecule has 3 heterocycles. The molecule has 1 unspecified atom stereocenters. The van der Waals surface area contributed by atoms with E-state index in [1.807, 2.05) is 64.8 Å². The van der Waals surface area contributed by atoms with Gasteiger partial charge in [-0.2, -0.15) is 0 Å². The lowest BCUT2D eigenvalue weighted by molar-refractivity contribution is 0.0669. The van der Waals surface area contributed by atoms with E-state index in [9.17, 15) is 9.59 Å². The molecule has 30 heavy (non-hydrogen) atoms. The fraction of sp³-hybridized carbons (Fsp3) is 0.364. The van der Waals surface area contributed by atoms with Gasteiger partial charge in [-0.3, -0.25) is 4.79 Å². The summed E-state index contributed by atoms with van der Waals surface area (Å²) in [6, 6.07) is 12.5. The van der Waals surface area contributed by atoms with Crippen LogP contribution in [0.2, 0.25) is 0 Å². The third kappa shape index (κ3) is 3.41. The Hall–Kier alpha value is -2.32. The Kier molecular flexibility index (Phi) is 5.06. The zero-order chi connectivity index (χ0) is 20.7. The second-order valence-electron chi connectivity index (χ2n) is 7.65. The zero-order valence-corrected chi connectivity index (χ0v) is 18.3. The maximum Gasteiger partial charge on any atom is 0.323 e. The SMILES string of the molecule is COc1cccc(NC(=O)Nc2cccc3c2C2CC4(CCN2C3=O)SCCS4)c1. The van der Waals surface area contributed by atoms with Gasteiger partial charge in [-0.25, -0.2) is 4.79 Å². The molecule has 0 bridgehead atoms. The van der Waals surface area contributed by atoms with Gasteiger partial charge in [-0.05, 0) is 37.1 Å². The molecule has 2 fully saturated rings. The molecule has 2 N–H and O–H groups in total. The number of urea groups is 1. The van der Waals surface area contributed by atoms with Gasteiger partial charge in [0.15, 0.2) is 0 Å². The molecule has 156 valence electrons. The summed E-state index contributed by atoms with van der Waals surface area (Å²) in [6.07, 6.45) is 1.95. The minimum Gasteiger partial charge on any atom is -0.497 e. The number of ether oxygens (including phenoxy) is 1. The normalized spacial score (nSPS) is 21.3. The van der Waals surface area contributed by atoms with Gasteiger partial charge in [-0.1, -0.05) is 12.1 Å². The quantitative estimate of drug-likeness (QED) is 0.716. The van der Waals surface area contributed by atoms with Crippen LogP contribution in [0.25, 0.3) is 0 Å². The van der Waals surface area contributed by atoms with Crippen molar-refractivity contribution >= 4 is 46.8 Å². The van der Waals surface area contributed by atoms with Crippen LogP contribution in [0.15, 0.2) is 42.5 Å². The first-order valence-electron chi connectivity index (χ1n) is 10.0. The molecule has 6 nitrogen and oxygen atoms in total. The predicted octanol–water partition coefficient (Wildman–Crippen LogP) is 4.81. The number of rotatable bonds is 3. The minimum atomic E-state index is -0.335. The van der Waals surface area contributed by atoms with Crippen LogP contribution in [0.5, 0.6) is 5.75 Å². The van der Waals surface area contributed by atoms with Gasteiger partial charge in [0.25, 0.3) is 5.91 Å². The van der Waals surface area contributed by atoms with Crippen molar-refractivity contribution in [3.63, 3.8) is 0 Å². The van der Waals surface area contributed by atoms with Gasteiger partial charge in [0.05, 0.1) is 17.2 Å². The van der Waals surface area contributed by atoms with E-state index in [2.05, 4.69) is 10.6 Å². The highest BCUT2D eigenvalue weighted by atomic mass is 32.2. The summed E-state index contributed by atoms with van der Waals surface area (Å²) in [6.45, 7) is 0.771. The lowest BCUT2D eigenvalue weighted by atomic mass is 9.95. The lowest BCUT2D eigenvalue weighted by Gasteiger charge is -2.41. The Bertz CT molecular complexity index is 1010. The van der Waals surface area contributed by atoms with Gasteiger partial charge in [0.1, 0.15) is 5.75 Å². The number of hydrogen-bond donors (Lipinski definition) is 2. The molecule has 2 aromatic carbocycles. The van der Waals surface area contributed by atoms with Crippen LogP contribution >= 0.6 is 23.5 Å². The van der Waals surface area contributed by atoms with E-state index in [1.165, 1.54) is 11.5 Å². The first-order chi connectivity index (χ1) is 14.6. The highest BCUT2D eigenvalue weighted by Gasteiger charge is 2.49.